The van der Waals surface area contributed by atoms with Crippen LogP contribution in [0.3, 0.4) is 0 Å². The van der Waals surface area contributed by atoms with Gasteiger partial charge in [-0.3, -0.25) is 9.59 Å². The number of amides is 2. The number of rotatable bonds is 9. The molecule has 2 amide bonds. The summed E-state index contributed by atoms with van der Waals surface area (Å²) in [4.78, 5) is 23.8. The maximum Gasteiger partial charge on any atom is 0.251 e. The summed E-state index contributed by atoms with van der Waals surface area (Å²) in [6.45, 7) is 3.08. The first-order valence-corrected chi connectivity index (χ1v) is 8.83. The smallest absolute Gasteiger partial charge is 0.251 e. The summed E-state index contributed by atoms with van der Waals surface area (Å²) in [5, 5.41) is 5.74. The monoisotopic (exact) mass is 354 g/mol. The SMILES string of the molecule is COc1ccc(C)cc1CCNC(=O)CCCNC(=O)c1ccccc1. The van der Waals surface area contributed by atoms with E-state index in [4.69, 9.17) is 4.74 Å². The summed E-state index contributed by atoms with van der Waals surface area (Å²) in [6.07, 6.45) is 1.72. The van der Waals surface area contributed by atoms with Crippen LogP contribution in [-0.2, 0) is 11.2 Å². The van der Waals surface area contributed by atoms with Crippen molar-refractivity contribution in [1.29, 1.82) is 0 Å². The highest BCUT2D eigenvalue weighted by molar-refractivity contribution is 5.94. The van der Waals surface area contributed by atoms with Crippen LogP contribution in [0.1, 0.15) is 34.3 Å². The van der Waals surface area contributed by atoms with E-state index >= 15 is 0 Å². The van der Waals surface area contributed by atoms with E-state index in [1.165, 1.54) is 5.56 Å². The number of carbonyl (C=O) groups is 2. The van der Waals surface area contributed by atoms with Crippen LogP contribution in [0.2, 0.25) is 0 Å². The summed E-state index contributed by atoms with van der Waals surface area (Å²) in [5.74, 6) is 0.719. The predicted molar refractivity (Wildman–Crippen MR) is 102 cm³/mol. The third-order valence-electron chi connectivity index (χ3n) is 4.05. The van der Waals surface area contributed by atoms with E-state index in [1.807, 2.05) is 37.3 Å². The van der Waals surface area contributed by atoms with Gasteiger partial charge >= 0.3 is 0 Å². The molecule has 0 aliphatic heterocycles. The lowest BCUT2D eigenvalue weighted by atomic mass is 10.1. The van der Waals surface area contributed by atoms with Gasteiger partial charge in [-0.05, 0) is 43.5 Å². The van der Waals surface area contributed by atoms with Gasteiger partial charge in [-0.25, -0.2) is 0 Å². The highest BCUT2D eigenvalue weighted by Gasteiger charge is 2.06. The molecular formula is C21H26N2O3. The van der Waals surface area contributed by atoms with E-state index in [0.717, 1.165) is 17.7 Å². The molecule has 0 fully saturated rings. The summed E-state index contributed by atoms with van der Waals surface area (Å²) >= 11 is 0. The van der Waals surface area contributed by atoms with E-state index in [-0.39, 0.29) is 11.8 Å². The molecule has 2 aromatic rings. The molecule has 0 aliphatic carbocycles. The number of nitrogens with one attached hydrogen (secondary N) is 2. The fraction of sp³-hybridized carbons (Fsp3) is 0.333. The van der Waals surface area contributed by atoms with Crippen molar-refractivity contribution >= 4 is 11.8 Å². The van der Waals surface area contributed by atoms with Crippen LogP contribution in [0.15, 0.2) is 48.5 Å². The van der Waals surface area contributed by atoms with Crippen molar-refractivity contribution in [1.82, 2.24) is 10.6 Å². The third-order valence-corrected chi connectivity index (χ3v) is 4.05. The lowest BCUT2D eigenvalue weighted by molar-refractivity contribution is -0.121. The van der Waals surface area contributed by atoms with Crippen molar-refractivity contribution < 1.29 is 14.3 Å². The van der Waals surface area contributed by atoms with Crippen molar-refractivity contribution in [3.63, 3.8) is 0 Å². The molecule has 2 N–H and O–H groups in total. The minimum absolute atomic E-state index is 0.00872. The van der Waals surface area contributed by atoms with Crippen molar-refractivity contribution in [3.05, 3.63) is 65.2 Å². The highest BCUT2D eigenvalue weighted by atomic mass is 16.5. The normalized spacial score (nSPS) is 10.2. The number of aryl methyl sites for hydroxylation is 1. The zero-order valence-electron chi connectivity index (χ0n) is 15.4. The molecule has 0 unspecified atom stereocenters. The summed E-state index contributed by atoms with van der Waals surface area (Å²) in [5.41, 5.74) is 2.88. The molecule has 0 saturated carbocycles. The maximum absolute atomic E-state index is 11.9. The molecular weight excluding hydrogens is 328 g/mol. The topological polar surface area (TPSA) is 67.4 Å². The lowest BCUT2D eigenvalue weighted by Gasteiger charge is -2.10. The van der Waals surface area contributed by atoms with E-state index < -0.39 is 0 Å². The quantitative estimate of drug-likeness (QED) is 0.681. The van der Waals surface area contributed by atoms with E-state index in [1.54, 1.807) is 19.2 Å². The molecule has 0 bridgehead atoms. The molecule has 0 spiro atoms. The minimum atomic E-state index is -0.113. The second-order valence-corrected chi connectivity index (χ2v) is 6.14. The molecule has 0 atom stereocenters. The minimum Gasteiger partial charge on any atom is -0.496 e. The van der Waals surface area contributed by atoms with Crippen LogP contribution in [0.25, 0.3) is 0 Å². The highest BCUT2D eigenvalue weighted by Crippen LogP contribution is 2.19. The fourth-order valence-electron chi connectivity index (χ4n) is 2.67. The number of ether oxygens (including phenoxy) is 1. The van der Waals surface area contributed by atoms with Crippen molar-refractivity contribution in [2.75, 3.05) is 20.2 Å². The molecule has 0 aromatic heterocycles. The van der Waals surface area contributed by atoms with Gasteiger partial charge in [0.15, 0.2) is 0 Å². The molecule has 138 valence electrons. The Bertz CT molecular complexity index is 729. The van der Waals surface area contributed by atoms with Gasteiger partial charge < -0.3 is 15.4 Å². The summed E-state index contributed by atoms with van der Waals surface area (Å²) in [7, 11) is 1.65. The van der Waals surface area contributed by atoms with E-state index in [2.05, 4.69) is 16.7 Å². The Morgan fingerprint density at radius 2 is 1.77 bits per heavy atom. The van der Waals surface area contributed by atoms with E-state index in [0.29, 0.717) is 31.5 Å². The van der Waals surface area contributed by atoms with Crippen LogP contribution < -0.4 is 15.4 Å². The van der Waals surface area contributed by atoms with Crippen molar-refractivity contribution in [2.24, 2.45) is 0 Å². The molecule has 0 heterocycles. The molecule has 5 heteroatoms. The van der Waals surface area contributed by atoms with Gasteiger partial charge in [0.05, 0.1) is 7.11 Å². The molecule has 5 nitrogen and oxygen atoms in total. The zero-order valence-corrected chi connectivity index (χ0v) is 15.4. The van der Waals surface area contributed by atoms with Crippen LogP contribution in [0, 0.1) is 6.92 Å². The molecule has 2 aromatic carbocycles. The lowest BCUT2D eigenvalue weighted by Crippen LogP contribution is -2.28. The first-order chi connectivity index (χ1) is 12.6. The van der Waals surface area contributed by atoms with Crippen LogP contribution in [0.5, 0.6) is 5.75 Å². The first-order valence-electron chi connectivity index (χ1n) is 8.83. The van der Waals surface area contributed by atoms with Gasteiger partial charge in [0.25, 0.3) is 5.91 Å². The molecule has 0 aliphatic rings. The maximum atomic E-state index is 11.9. The largest absolute Gasteiger partial charge is 0.496 e. The number of methoxy groups -OCH3 is 1. The second kappa shape index (κ2) is 10.2. The molecule has 26 heavy (non-hydrogen) atoms. The third kappa shape index (κ3) is 6.24. The second-order valence-electron chi connectivity index (χ2n) is 6.14. The summed E-state index contributed by atoms with van der Waals surface area (Å²) in [6, 6.07) is 15.1. The van der Waals surface area contributed by atoms with Gasteiger partial charge in [0.2, 0.25) is 5.91 Å². The number of hydrogen-bond donors (Lipinski definition) is 2. The molecule has 2 rings (SSSR count). The number of benzene rings is 2. The Morgan fingerprint density at radius 3 is 2.50 bits per heavy atom. The fourth-order valence-corrected chi connectivity index (χ4v) is 2.67. The standard InChI is InChI=1S/C21H26N2O3/c1-16-10-11-19(26-2)18(15-16)12-14-22-20(24)9-6-13-23-21(25)17-7-4-3-5-8-17/h3-5,7-8,10-11,15H,6,9,12-14H2,1-2H3,(H,22,24)(H,23,25). The van der Waals surface area contributed by atoms with Gasteiger partial charge in [0, 0.05) is 25.1 Å². The van der Waals surface area contributed by atoms with Crippen LogP contribution in [-0.4, -0.2) is 32.0 Å². The number of hydrogen-bond acceptors (Lipinski definition) is 3. The Balaban J connectivity index is 1.64. The van der Waals surface area contributed by atoms with Gasteiger partial charge in [-0.15, -0.1) is 0 Å². The Hall–Kier alpha value is -2.82. The Labute approximate surface area is 154 Å². The first kappa shape index (κ1) is 19.5. The van der Waals surface area contributed by atoms with Gasteiger partial charge in [-0.1, -0.05) is 35.9 Å². The average Bonchev–Trinajstić information content (AvgIpc) is 2.66. The van der Waals surface area contributed by atoms with Crippen molar-refractivity contribution in [2.45, 2.75) is 26.2 Å². The van der Waals surface area contributed by atoms with E-state index in [9.17, 15) is 9.59 Å². The van der Waals surface area contributed by atoms with Crippen LogP contribution >= 0.6 is 0 Å². The molecule has 0 saturated heterocycles. The van der Waals surface area contributed by atoms with Crippen LogP contribution in [0.4, 0.5) is 0 Å². The Morgan fingerprint density at radius 1 is 1.00 bits per heavy atom. The summed E-state index contributed by atoms with van der Waals surface area (Å²) < 4.78 is 5.34. The average molecular weight is 354 g/mol. The number of carbonyl (C=O) groups excluding carboxylic acids is 2. The predicted octanol–water partition coefficient (Wildman–Crippen LogP) is 2.87. The van der Waals surface area contributed by atoms with Crippen molar-refractivity contribution in [3.8, 4) is 5.75 Å². The van der Waals surface area contributed by atoms with Gasteiger partial charge in [0.1, 0.15) is 5.75 Å². The Kier molecular flexibility index (Phi) is 7.68. The van der Waals surface area contributed by atoms with Gasteiger partial charge in [-0.2, -0.15) is 0 Å². The molecule has 0 radical (unpaired) electrons. The zero-order chi connectivity index (χ0) is 18.8.